The van der Waals surface area contributed by atoms with Gasteiger partial charge in [-0.3, -0.25) is 14.5 Å². The number of carbonyl (C=O) groups is 3. The largest absolute Gasteiger partial charge is 0.467 e. The van der Waals surface area contributed by atoms with E-state index in [1.807, 2.05) is 39.0 Å². The molecule has 2 aromatic carbocycles. The van der Waals surface area contributed by atoms with Crippen LogP contribution in [-0.2, 0) is 20.9 Å². The summed E-state index contributed by atoms with van der Waals surface area (Å²) in [6.07, 6.45) is 2.13. The summed E-state index contributed by atoms with van der Waals surface area (Å²) in [5.74, 6) is -1.05. The van der Waals surface area contributed by atoms with Crippen LogP contribution in [0.1, 0.15) is 49.4 Å². The van der Waals surface area contributed by atoms with Gasteiger partial charge in [0.2, 0.25) is 5.91 Å². The summed E-state index contributed by atoms with van der Waals surface area (Å²) in [5.41, 5.74) is 1.52. The van der Waals surface area contributed by atoms with Gasteiger partial charge in [-0.2, -0.15) is 0 Å². The number of furan rings is 1. The maximum atomic E-state index is 13.9. The van der Waals surface area contributed by atoms with Gasteiger partial charge in [0.25, 0.3) is 5.91 Å². The maximum Gasteiger partial charge on any atom is 0.337 e. The topological polar surface area (TPSA) is 120 Å². The molecule has 1 N–H and O–H groups in total. The number of hydrogen-bond donors (Lipinski definition) is 1. The summed E-state index contributed by atoms with van der Waals surface area (Å²) in [6, 6.07) is 15.8. The fraction of sp³-hybridized carbons (Fsp3) is 0.296. The summed E-state index contributed by atoms with van der Waals surface area (Å²) in [4.78, 5) is 41.0. The molecular weight excluding hydrogens is 474 g/mol. The molecule has 10 nitrogen and oxygen atoms in total. The highest BCUT2D eigenvalue weighted by molar-refractivity contribution is 6.02. The molecule has 1 atom stereocenters. The third kappa shape index (κ3) is 5.53. The van der Waals surface area contributed by atoms with Gasteiger partial charge in [-0.05, 0) is 68.8 Å². The number of para-hydroxylation sites is 1. The number of methoxy groups -OCH3 is 1. The van der Waals surface area contributed by atoms with Crippen molar-refractivity contribution in [1.82, 2.24) is 20.3 Å². The van der Waals surface area contributed by atoms with E-state index < -0.39 is 29.4 Å². The van der Waals surface area contributed by atoms with Crippen molar-refractivity contribution in [3.63, 3.8) is 0 Å². The molecule has 10 heteroatoms. The second kappa shape index (κ2) is 10.7. The van der Waals surface area contributed by atoms with Gasteiger partial charge in [-0.1, -0.05) is 24.3 Å². The van der Waals surface area contributed by atoms with Crippen molar-refractivity contribution in [3.8, 4) is 0 Å². The van der Waals surface area contributed by atoms with E-state index in [1.54, 1.807) is 42.5 Å². The SMILES string of the molecule is CCC(C)(C)NC(=O)C(c1ccco1)N(C(=O)Cn1nnc2ccccc21)c1ccc(C(=O)OC)cc1. The highest BCUT2D eigenvalue weighted by Crippen LogP contribution is 2.30. The molecule has 0 aliphatic rings. The maximum absolute atomic E-state index is 13.9. The Hall–Kier alpha value is -4.47. The Balaban J connectivity index is 1.79. The number of anilines is 1. The summed E-state index contributed by atoms with van der Waals surface area (Å²) in [6.45, 7) is 5.60. The molecule has 37 heavy (non-hydrogen) atoms. The van der Waals surface area contributed by atoms with Gasteiger partial charge in [-0.15, -0.1) is 5.10 Å². The highest BCUT2D eigenvalue weighted by Gasteiger charge is 2.37. The lowest BCUT2D eigenvalue weighted by Crippen LogP contribution is -2.51. The molecule has 192 valence electrons. The predicted molar refractivity (Wildman–Crippen MR) is 137 cm³/mol. The quantitative estimate of drug-likeness (QED) is 0.344. The van der Waals surface area contributed by atoms with E-state index in [1.165, 1.54) is 23.0 Å². The molecule has 2 aromatic heterocycles. The minimum absolute atomic E-state index is 0.180. The van der Waals surface area contributed by atoms with E-state index in [0.717, 1.165) is 0 Å². The molecule has 1 unspecified atom stereocenters. The van der Waals surface area contributed by atoms with Crippen molar-refractivity contribution in [3.05, 3.63) is 78.3 Å². The number of rotatable bonds is 9. The van der Waals surface area contributed by atoms with Crippen LogP contribution in [0.25, 0.3) is 11.0 Å². The van der Waals surface area contributed by atoms with Gasteiger partial charge in [0.05, 0.1) is 24.5 Å². The Morgan fingerprint density at radius 1 is 1.08 bits per heavy atom. The van der Waals surface area contributed by atoms with Gasteiger partial charge < -0.3 is 14.5 Å². The Kier molecular flexibility index (Phi) is 7.37. The third-order valence-electron chi connectivity index (χ3n) is 6.21. The number of amides is 2. The summed E-state index contributed by atoms with van der Waals surface area (Å²) in [7, 11) is 1.29. The number of hydrogen-bond acceptors (Lipinski definition) is 7. The zero-order chi connectivity index (χ0) is 26.6. The smallest absolute Gasteiger partial charge is 0.337 e. The van der Waals surface area contributed by atoms with Crippen molar-refractivity contribution in [1.29, 1.82) is 0 Å². The second-order valence-electron chi connectivity index (χ2n) is 9.18. The van der Waals surface area contributed by atoms with Crippen LogP contribution in [0, 0.1) is 0 Å². The number of esters is 1. The number of ether oxygens (including phenoxy) is 1. The molecule has 0 fully saturated rings. The zero-order valence-electron chi connectivity index (χ0n) is 21.2. The molecule has 0 saturated heterocycles. The first kappa shape index (κ1) is 25.6. The first-order valence-electron chi connectivity index (χ1n) is 11.9. The fourth-order valence-electron chi connectivity index (χ4n) is 3.86. The number of fused-ring (bicyclic) bond motifs is 1. The molecule has 0 aliphatic heterocycles. The van der Waals surface area contributed by atoms with E-state index >= 15 is 0 Å². The Morgan fingerprint density at radius 2 is 1.81 bits per heavy atom. The first-order chi connectivity index (χ1) is 17.7. The summed E-state index contributed by atoms with van der Waals surface area (Å²) >= 11 is 0. The van der Waals surface area contributed by atoms with E-state index in [0.29, 0.717) is 34.5 Å². The first-order valence-corrected chi connectivity index (χ1v) is 11.9. The van der Waals surface area contributed by atoms with Crippen LogP contribution in [0.2, 0.25) is 0 Å². The molecule has 4 rings (SSSR count). The molecule has 2 heterocycles. The molecular formula is C27H29N5O5. The molecule has 0 aliphatic carbocycles. The lowest BCUT2D eigenvalue weighted by Gasteiger charge is -2.33. The number of aromatic nitrogens is 3. The monoisotopic (exact) mass is 503 g/mol. The van der Waals surface area contributed by atoms with Crippen molar-refractivity contribution in [2.24, 2.45) is 0 Å². The average Bonchev–Trinajstić information content (AvgIpc) is 3.57. The van der Waals surface area contributed by atoms with E-state index in [-0.39, 0.29) is 6.54 Å². The molecule has 0 bridgehead atoms. The van der Waals surface area contributed by atoms with E-state index in [2.05, 4.69) is 15.6 Å². The molecule has 0 radical (unpaired) electrons. The van der Waals surface area contributed by atoms with Crippen molar-refractivity contribution in [2.75, 3.05) is 12.0 Å². The zero-order valence-corrected chi connectivity index (χ0v) is 21.2. The Labute approximate surface area is 214 Å². The van der Waals surface area contributed by atoms with Crippen LogP contribution in [0.3, 0.4) is 0 Å². The van der Waals surface area contributed by atoms with Crippen LogP contribution >= 0.6 is 0 Å². The molecule has 2 amide bonds. The lowest BCUT2D eigenvalue weighted by atomic mass is 10.0. The average molecular weight is 504 g/mol. The van der Waals surface area contributed by atoms with Gasteiger partial charge in [0, 0.05) is 11.2 Å². The van der Waals surface area contributed by atoms with Crippen molar-refractivity contribution >= 4 is 34.5 Å². The highest BCUT2D eigenvalue weighted by atomic mass is 16.5. The fourth-order valence-corrected chi connectivity index (χ4v) is 3.86. The number of nitrogens with zero attached hydrogens (tertiary/aromatic N) is 4. The summed E-state index contributed by atoms with van der Waals surface area (Å²) < 4.78 is 11.9. The normalized spacial score (nSPS) is 12.2. The van der Waals surface area contributed by atoms with Crippen molar-refractivity contribution in [2.45, 2.75) is 45.3 Å². The van der Waals surface area contributed by atoms with Gasteiger partial charge in [0.1, 0.15) is 17.8 Å². The number of carbonyl (C=O) groups excluding carboxylic acids is 3. The lowest BCUT2D eigenvalue weighted by molar-refractivity contribution is -0.128. The minimum Gasteiger partial charge on any atom is -0.467 e. The molecule has 0 saturated carbocycles. The van der Waals surface area contributed by atoms with Crippen LogP contribution < -0.4 is 10.2 Å². The third-order valence-corrected chi connectivity index (χ3v) is 6.21. The van der Waals surface area contributed by atoms with E-state index in [4.69, 9.17) is 9.15 Å². The van der Waals surface area contributed by atoms with Crippen LogP contribution in [-0.4, -0.2) is 45.4 Å². The Bertz CT molecular complexity index is 1390. The minimum atomic E-state index is -1.12. The van der Waals surface area contributed by atoms with Gasteiger partial charge in [0.15, 0.2) is 6.04 Å². The standard InChI is InChI=1S/C27H29N5O5/c1-5-27(2,3)28-25(34)24(22-11-8-16-37-22)32(19-14-12-18(13-15-19)26(35)36-4)23(33)17-31-21-10-7-6-9-20(21)29-30-31/h6-16,24H,5,17H2,1-4H3,(H,28,34). The van der Waals surface area contributed by atoms with Gasteiger partial charge >= 0.3 is 5.97 Å². The second-order valence-corrected chi connectivity index (χ2v) is 9.18. The summed E-state index contributed by atoms with van der Waals surface area (Å²) in [5, 5.41) is 11.3. The van der Waals surface area contributed by atoms with Crippen LogP contribution in [0.5, 0.6) is 0 Å². The number of benzene rings is 2. The van der Waals surface area contributed by atoms with Crippen LogP contribution in [0.15, 0.2) is 71.3 Å². The Morgan fingerprint density at radius 3 is 2.46 bits per heavy atom. The number of nitrogens with one attached hydrogen (secondary N) is 1. The predicted octanol–water partition coefficient (Wildman–Crippen LogP) is 3.89. The van der Waals surface area contributed by atoms with E-state index in [9.17, 15) is 14.4 Å². The molecule has 0 spiro atoms. The van der Waals surface area contributed by atoms with Crippen molar-refractivity contribution < 1.29 is 23.5 Å². The molecule has 4 aromatic rings. The van der Waals surface area contributed by atoms with Gasteiger partial charge in [-0.25, -0.2) is 9.48 Å². The van der Waals surface area contributed by atoms with Crippen LogP contribution in [0.4, 0.5) is 5.69 Å².